The van der Waals surface area contributed by atoms with Crippen LogP contribution in [-0.4, -0.2) is 66.3 Å². The fourth-order valence-electron chi connectivity index (χ4n) is 2.60. The number of amides is 2. The molecule has 0 radical (unpaired) electrons. The fourth-order valence-corrected chi connectivity index (χ4v) is 2.60. The summed E-state index contributed by atoms with van der Waals surface area (Å²) in [5, 5.41) is 11.9. The number of carbonyl (C=O) groups excluding carboxylic acids is 1. The molecule has 0 aromatic heterocycles. The zero-order valence-corrected chi connectivity index (χ0v) is 12.6. The van der Waals surface area contributed by atoms with Gasteiger partial charge in [0.25, 0.3) is 0 Å². The van der Waals surface area contributed by atoms with Gasteiger partial charge in [0.05, 0.1) is 6.61 Å². The molecule has 1 aliphatic rings. The van der Waals surface area contributed by atoms with E-state index in [0.29, 0.717) is 25.0 Å². The van der Waals surface area contributed by atoms with E-state index in [2.05, 4.69) is 24.1 Å². The Morgan fingerprint density at radius 3 is 2.84 bits per heavy atom. The van der Waals surface area contributed by atoms with E-state index >= 15 is 0 Å². The lowest BCUT2D eigenvalue weighted by Gasteiger charge is -2.35. The van der Waals surface area contributed by atoms with E-state index in [4.69, 9.17) is 5.11 Å². The number of nitrogens with zero attached hydrogens (tertiary/aromatic N) is 2. The smallest absolute Gasteiger partial charge is 0.317 e. The van der Waals surface area contributed by atoms with Crippen LogP contribution in [0.25, 0.3) is 0 Å². The molecule has 1 saturated heterocycles. The van der Waals surface area contributed by atoms with Gasteiger partial charge in [-0.05, 0) is 46.1 Å². The Hall–Kier alpha value is -0.810. The third-order valence-corrected chi connectivity index (χ3v) is 3.86. The van der Waals surface area contributed by atoms with Gasteiger partial charge < -0.3 is 20.2 Å². The van der Waals surface area contributed by atoms with Gasteiger partial charge in [0.15, 0.2) is 0 Å². The topological polar surface area (TPSA) is 55.8 Å². The largest absolute Gasteiger partial charge is 0.395 e. The molecule has 5 nitrogen and oxygen atoms in total. The zero-order valence-electron chi connectivity index (χ0n) is 12.6. The van der Waals surface area contributed by atoms with Gasteiger partial charge in [0.2, 0.25) is 0 Å². The Balaban J connectivity index is 2.33. The minimum atomic E-state index is -0.0572. The van der Waals surface area contributed by atoms with Crippen molar-refractivity contribution in [1.29, 1.82) is 0 Å². The maximum absolute atomic E-state index is 11.9. The summed E-state index contributed by atoms with van der Waals surface area (Å²) in [6.07, 6.45) is 2.41. The SMILES string of the molecule is CCN(CCO)C(=O)NCC1CCCN(C(C)C)C1. The first-order valence-corrected chi connectivity index (χ1v) is 7.46. The molecular weight excluding hydrogens is 242 g/mol. The lowest BCUT2D eigenvalue weighted by atomic mass is 9.97. The minimum Gasteiger partial charge on any atom is -0.395 e. The van der Waals surface area contributed by atoms with Crippen LogP contribution < -0.4 is 5.32 Å². The van der Waals surface area contributed by atoms with Gasteiger partial charge in [0, 0.05) is 32.2 Å². The van der Waals surface area contributed by atoms with E-state index < -0.39 is 0 Å². The average molecular weight is 271 g/mol. The number of urea groups is 1. The average Bonchev–Trinajstić information content (AvgIpc) is 2.42. The Bertz CT molecular complexity index is 271. The quantitative estimate of drug-likeness (QED) is 0.761. The van der Waals surface area contributed by atoms with Gasteiger partial charge in [-0.15, -0.1) is 0 Å². The lowest BCUT2D eigenvalue weighted by molar-refractivity contribution is 0.135. The van der Waals surface area contributed by atoms with E-state index in [-0.39, 0.29) is 12.6 Å². The van der Waals surface area contributed by atoms with E-state index in [1.807, 2.05) is 6.92 Å². The lowest BCUT2D eigenvalue weighted by Crippen LogP contribution is -2.47. The second-order valence-electron chi connectivity index (χ2n) is 5.59. The molecule has 1 atom stereocenters. The van der Waals surface area contributed by atoms with Crippen LogP contribution in [0.1, 0.15) is 33.6 Å². The molecule has 1 unspecified atom stereocenters. The molecule has 0 aliphatic carbocycles. The molecule has 5 heteroatoms. The number of carbonyl (C=O) groups is 1. The van der Waals surface area contributed by atoms with Gasteiger partial charge in [-0.25, -0.2) is 4.79 Å². The molecule has 1 aliphatic heterocycles. The first-order valence-electron chi connectivity index (χ1n) is 7.46. The molecule has 1 fully saturated rings. The number of nitrogens with one attached hydrogen (secondary N) is 1. The fraction of sp³-hybridized carbons (Fsp3) is 0.929. The second-order valence-corrected chi connectivity index (χ2v) is 5.59. The third-order valence-electron chi connectivity index (χ3n) is 3.86. The Morgan fingerprint density at radius 2 is 2.26 bits per heavy atom. The van der Waals surface area contributed by atoms with Crippen molar-refractivity contribution in [3.05, 3.63) is 0 Å². The van der Waals surface area contributed by atoms with Crippen molar-refractivity contribution >= 4 is 6.03 Å². The summed E-state index contributed by atoms with van der Waals surface area (Å²) < 4.78 is 0. The van der Waals surface area contributed by atoms with E-state index in [9.17, 15) is 4.79 Å². The van der Waals surface area contributed by atoms with Crippen molar-refractivity contribution in [3.8, 4) is 0 Å². The van der Waals surface area contributed by atoms with Gasteiger partial charge in [0.1, 0.15) is 0 Å². The molecule has 112 valence electrons. The molecule has 1 heterocycles. The van der Waals surface area contributed by atoms with Gasteiger partial charge in [-0.2, -0.15) is 0 Å². The highest BCUT2D eigenvalue weighted by Gasteiger charge is 2.22. The molecule has 0 saturated carbocycles. The van der Waals surface area contributed by atoms with E-state index in [0.717, 1.165) is 13.1 Å². The predicted octanol–water partition coefficient (Wildman–Crippen LogP) is 1.13. The van der Waals surface area contributed by atoms with Gasteiger partial charge in [-0.1, -0.05) is 0 Å². The van der Waals surface area contributed by atoms with Crippen molar-refractivity contribution < 1.29 is 9.90 Å². The summed E-state index contributed by atoms with van der Waals surface area (Å²) in [7, 11) is 0. The number of likely N-dealkylation sites (tertiary alicyclic amines) is 1. The third kappa shape index (κ3) is 5.37. The maximum atomic E-state index is 11.9. The van der Waals surface area contributed by atoms with Crippen LogP contribution in [0.2, 0.25) is 0 Å². The van der Waals surface area contributed by atoms with Crippen LogP contribution in [0.3, 0.4) is 0 Å². The summed E-state index contributed by atoms with van der Waals surface area (Å²) in [6, 6.07) is 0.526. The Morgan fingerprint density at radius 1 is 1.53 bits per heavy atom. The molecule has 19 heavy (non-hydrogen) atoms. The molecule has 0 aromatic rings. The standard InChI is InChI=1S/C14H29N3O2/c1-4-16(8-9-18)14(19)15-10-13-6-5-7-17(11-13)12(2)3/h12-13,18H,4-11H2,1-3H3,(H,15,19). The second kappa shape index (κ2) is 8.38. The van der Waals surface area contributed by atoms with E-state index in [1.165, 1.54) is 19.4 Å². The summed E-state index contributed by atoms with van der Waals surface area (Å²) in [6.45, 7) is 10.4. The molecule has 0 spiro atoms. The first kappa shape index (κ1) is 16.2. The first-order chi connectivity index (χ1) is 9.08. The highest BCUT2D eigenvalue weighted by Crippen LogP contribution is 2.17. The van der Waals surface area contributed by atoms with Crippen molar-refractivity contribution in [1.82, 2.24) is 15.1 Å². The van der Waals surface area contributed by atoms with Crippen LogP contribution >= 0.6 is 0 Å². The Labute approximate surface area is 117 Å². The number of piperidine rings is 1. The summed E-state index contributed by atoms with van der Waals surface area (Å²) >= 11 is 0. The van der Waals surface area contributed by atoms with Crippen molar-refractivity contribution in [2.45, 2.75) is 39.7 Å². The van der Waals surface area contributed by atoms with Crippen molar-refractivity contribution in [2.75, 3.05) is 39.3 Å². The molecular formula is C14H29N3O2. The van der Waals surface area contributed by atoms with Crippen LogP contribution in [0.4, 0.5) is 4.79 Å². The van der Waals surface area contributed by atoms with Crippen LogP contribution in [0, 0.1) is 5.92 Å². The molecule has 0 aromatic carbocycles. The van der Waals surface area contributed by atoms with Gasteiger partial charge >= 0.3 is 6.03 Å². The van der Waals surface area contributed by atoms with Crippen LogP contribution in [0.5, 0.6) is 0 Å². The monoisotopic (exact) mass is 271 g/mol. The maximum Gasteiger partial charge on any atom is 0.317 e. The minimum absolute atomic E-state index is 0.0197. The number of hydrogen-bond acceptors (Lipinski definition) is 3. The molecule has 1 rings (SSSR count). The summed E-state index contributed by atoms with van der Waals surface area (Å²) in [4.78, 5) is 16.0. The highest BCUT2D eigenvalue weighted by atomic mass is 16.3. The van der Waals surface area contributed by atoms with Crippen LogP contribution in [0.15, 0.2) is 0 Å². The van der Waals surface area contributed by atoms with Gasteiger partial charge in [-0.3, -0.25) is 0 Å². The van der Waals surface area contributed by atoms with Crippen molar-refractivity contribution in [2.24, 2.45) is 5.92 Å². The summed E-state index contributed by atoms with van der Waals surface area (Å²) in [5.41, 5.74) is 0. The molecule has 2 N–H and O–H groups in total. The number of hydrogen-bond donors (Lipinski definition) is 2. The summed E-state index contributed by atoms with van der Waals surface area (Å²) in [5.74, 6) is 0.549. The van der Waals surface area contributed by atoms with Crippen molar-refractivity contribution in [3.63, 3.8) is 0 Å². The van der Waals surface area contributed by atoms with E-state index in [1.54, 1.807) is 4.90 Å². The molecule has 0 bridgehead atoms. The Kier molecular flexibility index (Phi) is 7.16. The number of aliphatic hydroxyl groups is 1. The highest BCUT2D eigenvalue weighted by molar-refractivity contribution is 5.74. The van der Waals surface area contributed by atoms with Crippen LogP contribution in [-0.2, 0) is 0 Å². The number of rotatable bonds is 6. The molecule has 2 amide bonds. The number of likely N-dealkylation sites (N-methyl/N-ethyl adjacent to an activating group) is 1. The predicted molar refractivity (Wildman–Crippen MR) is 77.2 cm³/mol. The number of aliphatic hydroxyl groups excluding tert-OH is 1. The normalized spacial score (nSPS) is 20.6. The zero-order chi connectivity index (χ0) is 14.3.